The van der Waals surface area contributed by atoms with E-state index in [1.807, 2.05) is 29.2 Å². The monoisotopic (exact) mass is 635 g/mol. The summed E-state index contributed by atoms with van der Waals surface area (Å²) in [7, 11) is 0. The molecule has 0 radical (unpaired) electrons. The maximum absolute atomic E-state index is 13.7. The summed E-state index contributed by atoms with van der Waals surface area (Å²) in [6.07, 6.45) is 6.16. The minimum Gasteiger partial charge on any atom is -0.492 e. The molecule has 0 saturated carbocycles. The van der Waals surface area contributed by atoms with Crippen molar-refractivity contribution in [3.05, 3.63) is 62.6 Å². The molecule has 2 aromatic carbocycles. The summed E-state index contributed by atoms with van der Waals surface area (Å²) in [6.45, 7) is 7.38. The number of ether oxygens (including phenoxy) is 1. The third-order valence-corrected chi connectivity index (χ3v) is 8.95. The number of amides is 1. The molecule has 0 aromatic heterocycles. The van der Waals surface area contributed by atoms with Crippen LogP contribution >= 0.6 is 59.6 Å². The number of carbonyl (C=O) groups is 1. The fourth-order valence-electron chi connectivity index (χ4n) is 5.80. The van der Waals surface area contributed by atoms with Crippen LogP contribution in [0.1, 0.15) is 49.1 Å². The smallest absolute Gasteiger partial charge is 0.240 e. The van der Waals surface area contributed by atoms with Gasteiger partial charge in [-0.2, -0.15) is 0 Å². The predicted molar refractivity (Wildman–Crippen MR) is 166 cm³/mol. The van der Waals surface area contributed by atoms with E-state index in [4.69, 9.17) is 39.5 Å². The standard InChI is InChI=1S/C29H36Cl3N3O2.2ClH/c30-23-5-4-22(26(32)19-23)18-27(34-12-3-13-34)29(36)35-14-8-21(9-15-35)25-7-6-24(31)20-28(25)37-17-16-33-10-1-2-11-33;;/h4-7,19-21,27H,1-3,8-18H2;2*1H/t27-;;/m1../s1. The normalized spacial score (nSPS) is 19.1. The van der Waals surface area contributed by atoms with Crippen LogP contribution in [0.5, 0.6) is 5.75 Å². The van der Waals surface area contributed by atoms with E-state index in [0.717, 1.165) is 63.3 Å². The summed E-state index contributed by atoms with van der Waals surface area (Å²) >= 11 is 18.9. The molecule has 216 valence electrons. The van der Waals surface area contributed by atoms with Crippen molar-refractivity contribution in [2.75, 3.05) is 52.4 Å². The van der Waals surface area contributed by atoms with Crippen molar-refractivity contribution >= 4 is 65.5 Å². The lowest BCUT2D eigenvalue weighted by atomic mass is 9.88. The van der Waals surface area contributed by atoms with Gasteiger partial charge >= 0.3 is 0 Å². The highest BCUT2D eigenvalue weighted by Crippen LogP contribution is 2.36. The number of nitrogens with zero attached hydrogens (tertiary/aromatic N) is 3. The van der Waals surface area contributed by atoms with E-state index in [2.05, 4.69) is 15.9 Å². The zero-order valence-corrected chi connectivity index (χ0v) is 26.0. The first kappa shape index (κ1) is 32.6. The Labute approximate surface area is 259 Å². The van der Waals surface area contributed by atoms with Gasteiger partial charge in [0, 0.05) is 47.8 Å². The number of hydrogen-bond acceptors (Lipinski definition) is 4. The van der Waals surface area contributed by atoms with Crippen LogP contribution in [0.2, 0.25) is 15.1 Å². The lowest BCUT2D eigenvalue weighted by Gasteiger charge is -2.41. The van der Waals surface area contributed by atoms with Crippen molar-refractivity contribution in [3.63, 3.8) is 0 Å². The summed E-state index contributed by atoms with van der Waals surface area (Å²) in [5.41, 5.74) is 2.19. The zero-order chi connectivity index (χ0) is 25.8. The summed E-state index contributed by atoms with van der Waals surface area (Å²) < 4.78 is 6.25. The van der Waals surface area contributed by atoms with Gasteiger partial charge < -0.3 is 9.64 Å². The van der Waals surface area contributed by atoms with Gasteiger partial charge in [-0.15, -0.1) is 24.8 Å². The summed E-state index contributed by atoms with van der Waals surface area (Å²) in [5, 5.41) is 1.94. The Morgan fingerprint density at radius 3 is 2.18 bits per heavy atom. The third kappa shape index (κ3) is 8.31. The van der Waals surface area contributed by atoms with E-state index >= 15 is 0 Å². The predicted octanol–water partition coefficient (Wildman–Crippen LogP) is 6.99. The number of halogens is 5. The Morgan fingerprint density at radius 2 is 1.54 bits per heavy atom. The molecule has 2 aromatic rings. The van der Waals surface area contributed by atoms with Crippen LogP contribution in [0, 0.1) is 0 Å². The first-order valence-electron chi connectivity index (χ1n) is 13.6. The number of carbonyl (C=O) groups excluding carboxylic acids is 1. The number of benzene rings is 2. The Kier molecular flexibility index (Phi) is 12.8. The second-order valence-electron chi connectivity index (χ2n) is 10.5. The van der Waals surface area contributed by atoms with Gasteiger partial charge in [-0.1, -0.05) is 46.9 Å². The van der Waals surface area contributed by atoms with Crippen LogP contribution in [-0.2, 0) is 11.2 Å². The van der Waals surface area contributed by atoms with Crippen LogP contribution in [0.15, 0.2) is 36.4 Å². The van der Waals surface area contributed by atoms with E-state index < -0.39 is 0 Å². The van der Waals surface area contributed by atoms with Gasteiger partial charge in [0.25, 0.3) is 0 Å². The Bertz CT molecular complexity index is 1090. The Morgan fingerprint density at radius 1 is 0.872 bits per heavy atom. The lowest BCUT2D eigenvalue weighted by molar-refractivity contribution is -0.139. The van der Waals surface area contributed by atoms with Crippen LogP contribution in [0.4, 0.5) is 0 Å². The second kappa shape index (κ2) is 15.3. The number of piperidine rings is 1. The molecule has 1 atom stereocenters. The van der Waals surface area contributed by atoms with Crippen molar-refractivity contribution in [1.82, 2.24) is 14.7 Å². The Hall–Kier alpha value is -0.920. The first-order valence-corrected chi connectivity index (χ1v) is 14.7. The topological polar surface area (TPSA) is 36.0 Å². The van der Waals surface area contributed by atoms with Crippen molar-refractivity contribution in [1.29, 1.82) is 0 Å². The van der Waals surface area contributed by atoms with E-state index in [1.165, 1.54) is 31.5 Å². The summed E-state index contributed by atoms with van der Waals surface area (Å²) in [6, 6.07) is 11.4. The SMILES string of the molecule is Cl.Cl.O=C([C@@H](Cc1ccc(Cl)cc1Cl)N1CCC1)N1CCC(c2ccc(Cl)cc2OCCN2CCCC2)CC1. The van der Waals surface area contributed by atoms with Crippen molar-refractivity contribution in [2.24, 2.45) is 0 Å². The fourth-order valence-corrected chi connectivity index (χ4v) is 6.45. The highest BCUT2D eigenvalue weighted by molar-refractivity contribution is 6.35. The number of hydrogen-bond donors (Lipinski definition) is 0. The molecule has 5 nitrogen and oxygen atoms in total. The van der Waals surface area contributed by atoms with E-state index in [9.17, 15) is 4.79 Å². The van der Waals surface area contributed by atoms with Gasteiger partial charge in [-0.3, -0.25) is 14.6 Å². The van der Waals surface area contributed by atoms with Crippen LogP contribution in [0.3, 0.4) is 0 Å². The fraction of sp³-hybridized carbons (Fsp3) is 0.552. The largest absolute Gasteiger partial charge is 0.492 e. The van der Waals surface area contributed by atoms with Crippen molar-refractivity contribution < 1.29 is 9.53 Å². The molecule has 5 rings (SSSR count). The average Bonchev–Trinajstić information content (AvgIpc) is 3.37. The Balaban J connectivity index is 0.00000210. The molecule has 3 saturated heterocycles. The molecule has 0 bridgehead atoms. The quantitative estimate of drug-likeness (QED) is 0.297. The highest BCUT2D eigenvalue weighted by atomic mass is 35.5. The van der Waals surface area contributed by atoms with E-state index in [0.29, 0.717) is 34.0 Å². The number of likely N-dealkylation sites (tertiary alicyclic amines) is 3. The molecule has 0 spiro atoms. The van der Waals surface area contributed by atoms with Gasteiger partial charge in [0.2, 0.25) is 5.91 Å². The minimum atomic E-state index is -0.177. The minimum absolute atomic E-state index is 0. The molecular weight excluding hydrogens is 600 g/mol. The molecular formula is C29H38Cl5N3O2. The van der Waals surface area contributed by atoms with Gasteiger partial charge in [0.1, 0.15) is 12.4 Å². The van der Waals surface area contributed by atoms with E-state index in [1.54, 1.807) is 6.07 Å². The molecule has 3 fully saturated rings. The van der Waals surface area contributed by atoms with Gasteiger partial charge in [-0.05, 0) is 92.9 Å². The molecule has 39 heavy (non-hydrogen) atoms. The van der Waals surface area contributed by atoms with Gasteiger partial charge in [0.15, 0.2) is 0 Å². The molecule has 0 aliphatic carbocycles. The summed E-state index contributed by atoms with van der Waals surface area (Å²) in [5.74, 6) is 1.46. The molecule has 0 N–H and O–H groups in total. The summed E-state index contributed by atoms with van der Waals surface area (Å²) in [4.78, 5) is 20.5. The van der Waals surface area contributed by atoms with Crippen LogP contribution in [-0.4, -0.2) is 79.1 Å². The first-order chi connectivity index (χ1) is 18.0. The average molecular weight is 638 g/mol. The van der Waals surface area contributed by atoms with Crippen LogP contribution < -0.4 is 4.74 Å². The van der Waals surface area contributed by atoms with Crippen molar-refractivity contribution in [3.8, 4) is 5.75 Å². The molecule has 3 aliphatic heterocycles. The van der Waals surface area contributed by atoms with Crippen molar-refractivity contribution in [2.45, 2.75) is 50.5 Å². The van der Waals surface area contributed by atoms with Gasteiger partial charge in [-0.25, -0.2) is 0 Å². The zero-order valence-electron chi connectivity index (χ0n) is 22.1. The molecule has 10 heteroatoms. The highest BCUT2D eigenvalue weighted by Gasteiger charge is 2.35. The van der Waals surface area contributed by atoms with Crippen LogP contribution in [0.25, 0.3) is 0 Å². The number of rotatable bonds is 9. The lowest BCUT2D eigenvalue weighted by Crippen LogP contribution is -2.55. The maximum atomic E-state index is 13.7. The van der Waals surface area contributed by atoms with Gasteiger partial charge in [0.05, 0.1) is 6.04 Å². The van der Waals surface area contributed by atoms with E-state index in [-0.39, 0.29) is 36.8 Å². The molecule has 3 aliphatic rings. The molecule has 3 heterocycles. The molecule has 1 amide bonds. The second-order valence-corrected chi connectivity index (χ2v) is 11.8. The maximum Gasteiger partial charge on any atom is 0.240 e. The molecule has 0 unspecified atom stereocenters. The third-order valence-electron chi connectivity index (χ3n) is 8.13.